The van der Waals surface area contributed by atoms with Crippen LogP contribution in [0.25, 0.3) is 6.08 Å². The van der Waals surface area contributed by atoms with Gasteiger partial charge in [0, 0.05) is 22.9 Å². The number of fused-ring (bicyclic) bond motifs is 1. The van der Waals surface area contributed by atoms with Gasteiger partial charge >= 0.3 is 0 Å². The topological polar surface area (TPSA) is 49.4 Å². The third-order valence-corrected chi connectivity index (χ3v) is 7.81. The van der Waals surface area contributed by atoms with Crippen molar-refractivity contribution in [1.29, 1.82) is 0 Å². The zero-order valence-electron chi connectivity index (χ0n) is 18.4. The summed E-state index contributed by atoms with van der Waals surface area (Å²) in [5.41, 5.74) is 3.34. The van der Waals surface area contributed by atoms with Gasteiger partial charge in [-0.1, -0.05) is 66.4 Å². The van der Waals surface area contributed by atoms with Gasteiger partial charge in [-0.15, -0.1) is 11.8 Å². The van der Waals surface area contributed by atoms with Gasteiger partial charge in [-0.2, -0.15) is 0 Å². The lowest BCUT2D eigenvalue weighted by Crippen LogP contribution is -2.54. The van der Waals surface area contributed by atoms with Crippen molar-refractivity contribution in [1.82, 2.24) is 10.2 Å². The van der Waals surface area contributed by atoms with Crippen LogP contribution in [0.5, 0.6) is 0 Å². The van der Waals surface area contributed by atoms with Crippen LogP contribution in [0.4, 0.5) is 0 Å². The molecule has 1 aliphatic heterocycles. The number of amides is 2. The van der Waals surface area contributed by atoms with Crippen molar-refractivity contribution in [2.24, 2.45) is 0 Å². The minimum Gasteiger partial charge on any atom is -0.354 e. The quantitative estimate of drug-likeness (QED) is 0.590. The van der Waals surface area contributed by atoms with Gasteiger partial charge in [0.25, 0.3) is 5.91 Å². The summed E-state index contributed by atoms with van der Waals surface area (Å²) in [6.07, 6.45) is 7.06. The van der Waals surface area contributed by atoms with Crippen molar-refractivity contribution in [2.45, 2.75) is 50.3 Å². The largest absolute Gasteiger partial charge is 0.354 e. The molecular weight excluding hydrogens is 440 g/mol. The highest BCUT2D eigenvalue weighted by Gasteiger charge is 2.41. The predicted octanol–water partition coefficient (Wildman–Crippen LogP) is 5.23. The SMILES string of the molecule is Cc1ccc(/C=C2/SC3CCCCC3N(CC(=O)NCCc3ccc(Cl)cc3)C2=O)cc1. The maximum atomic E-state index is 13.4. The smallest absolute Gasteiger partial charge is 0.261 e. The van der Waals surface area contributed by atoms with E-state index in [1.807, 2.05) is 47.4 Å². The molecule has 0 bridgehead atoms. The first-order chi connectivity index (χ1) is 15.5. The van der Waals surface area contributed by atoms with Crippen molar-refractivity contribution >= 4 is 41.3 Å². The number of aryl methyl sites for hydroxylation is 1. The number of hydrogen-bond donors (Lipinski definition) is 1. The van der Waals surface area contributed by atoms with E-state index >= 15 is 0 Å². The average Bonchev–Trinajstić information content (AvgIpc) is 2.79. The van der Waals surface area contributed by atoms with Gasteiger partial charge in [-0.05, 0) is 55.5 Å². The van der Waals surface area contributed by atoms with Crippen molar-refractivity contribution in [3.05, 3.63) is 75.1 Å². The molecule has 2 aromatic rings. The van der Waals surface area contributed by atoms with Crippen LogP contribution >= 0.6 is 23.4 Å². The van der Waals surface area contributed by atoms with Gasteiger partial charge in [0.05, 0.1) is 4.91 Å². The molecule has 1 heterocycles. The second-order valence-corrected chi connectivity index (χ2v) is 10.3. The Kier molecular flexibility index (Phi) is 7.59. The summed E-state index contributed by atoms with van der Waals surface area (Å²) in [5.74, 6) is -0.121. The predicted molar refractivity (Wildman–Crippen MR) is 133 cm³/mol. The van der Waals surface area contributed by atoms with Gasteiger partial charge in [-0.3, -0.25) is 9.59 Å². The maximum Gasteiger partial charge on any atom is 0.261 e. The Morgan fingerprint density at radius 1 is 1.12 bits per heavy atom. The zero-order valence-corrected chi connectivity index (χ0v) is 19.9. The van der Waals surface area contributed by atoms with Crippen LogP contribution in [0.15, 0.2) is 53.4 Å². The number of halogens is 1. The molecule has 4 rings (SSSR count). The van der Waals surface area contributed by atoms with Gasteiger partial charge in [-0.25, -0.2) is 0 Å². The molecular formula is C26H29ClN2O2S. The molecule has 2 unspecified atom stereocenters. The van der Waals surface area contributed by atoms with E-state index in [1.54, 1.807) is 11.8 Å². The Balaban J connectivity index is 1.42. The fourth-order valence-corrected chi connectivity index (χ4v) is 5.98. The molecule has 2 aromatic carbocycles. The van der Waals surface area contributed by atoms with Crippen molar-refractivity contribution in [3.63, 3.8) is 0 Å². The average molecular weight is 469 g/mol. The second-order valence-electron chi connectivity index (χ2n) is 8.59. The summed E-state index contributed by atoms with van der Waals surface area (Å²) in [7, 11) is 0. The fraction of sp³-hybridized carbons (Fsp3) is 0.385. The number of carbonyl (C=O) groups is 2. The lowest BCUT2D eigenvalue weighted by Gasteiger charge is -2.43. The van der Waals surface area contributed by atoms with E-state index in [9.17, 15) is 9.59 Å². The number of nitrogens with zero attached hydrogens (tertiary/aromatic N) is 1. The lowest BCUT2D eigenvalue weighted by molar-refractivity contribution is -0.135. The summed E-state index contributed by atoms with van der Waals surface area (Å²) in [4.78, 5) is 28.6. The van der Waals surface area contributed by atoms with E-state index in [4.69, 9.17) is 11.6 Å². The van der Waals surface area contributed by atoms with E-state index < -0.39 is 0 Å². The van der Waals surface area contributed by atoms with Crippen molar-refractivity contribution in [3.8, 4) is 0 Å². The molecule has 0 radical (unpaired) electrons. The molecule has 0 spiro atoms. The molecule has 6 heteroatoms. The number of thioether (sulfide) groups is 1. The molecule has 1 saturated heterocycles. The molecule has 2 aliphatic rings. The zero-order chi connectivity index (χ0) is 22.5. The number of rotatable bonds is 6. The number of nitrogens with one attached hydrogen (secondary N) is 1. The summed E-state index contributed by atoms with van der Waals surface area (Å²) >= 11 is 7.63. The maximum absolute atomic E-state index is 13.4. The Labute approximate surface area is 199 Å². The second kappa shape index (κ2) is 10.6. The number of carbonyl (C=O) groups excluding carboxylic acids is 2. The highest BCUT2D eigenvalue weighted by molar-refractivity contribution is 8.04. The minimum absolute atomic E-state index is 0.0217. The van der Waals surface area contributed by atoms with E-state index in [1.165, 1.54) is 12.0 Å². The normalized spacial score (nSPS) is 22.0. The van der Waals surface area contributed by atoms with Crippen LogP contribution < -0.4 is 5.32 Å². The first-order valence-electron chi connectivity index (χ1n) is 11.3. The standard InChI is InChI=1S/C26H29ClN2O2S/c1-18-6-8-20(9-7-18)16-24-26(31)29(22-4-2-3-5-23(22)32-24)17-25(30)28-15-14-19-10-12-21(27)13-11-19/h6-13,16,22-23H,2-5,14-15,17H2,1H3,(H,28,30)/b24-16+. The summed E-state index contributed by atoms with van der Waals surface area (Å²) < 4.78 is 0. The van der Waals surface area contributed by atoms with Gasteiger partial charge in [0.1, 0.15) is 6.54 Å². The van der Waals surface area contributed by atoms with Crippen LogP contribution in [-0.2, 0) is 16.0 Å². The molecule has 2 atom stereocenters. The molecule has 2 amide bonds. The van der Waals surface area contributed by atoms with Crippen LogP contribution in [-0.4, -0.2) is 41.1 Å². The molecule has 1 saturated carbocycles. The van der Waals surface area contributed by atoms with Gasteiger partial charge in [0.15, 0.2) is 0 Å². The van der Waals surface area contributed by atoms with E-state index in [0.29, 0.717) is 16.8 Å². The summed E-state index contributed by atoms with van der Waals surface area (Å²) in [6, 6.07) is 16.0. The first-order valence-corrected chi connectivity index (χ1v) is 12.5. The minimum atomic E-state index is -0.0989. The Morgan fingerprint density at radius 2 is 1.84 bits per heavy atom. The van der Waals surface area contributed by atoms with E-state index in [-0.39, 0.29) is 24.4 Å². The van der Waals surface area contributed by atoms with Crippen LogP contribution in [0, 0.1) is 6.92 Å². The Hall–Kier alpha value is -2.24. The van der Waals surface area contributed by atoms with Crippen LogP contribution in [0.2, 0.25) is 5.02 Å². The molecule has 32 heavy (non-hydrogen) atoms. The molecule has 1 N–H and O–H groups in total. The molecule has 0 aromatic heterocycles. The van der Waals surface area contributed by atoms with Crippen LogP contribution in [0.3, 0.4) is 0 Å². The van der Waals surface area contributed by atoms with E-state index in [0.717, 1.165) is 41.7 Å². The van der Waals surface area contributed by atoms with Crippen molar-refractivity contribution in [2.75, 3.05) is 13.1 Å². The van der Waals surface area contributed by atoms with Gasteiger partial charge in [0.2, 0.25) is 5.91 Å². The molecule has 168 valence electrons. The Morgan fingerprint density at radius 3 is 2.59 bits per heavy atom. The van der Waals surface area contributed by atoms with Gasteiger partial charge < -0.3 is 10.2 Å². The van der Waals surface area contributed by atoms with Crippen LogP contribution in [0.1, 0.15) is 42.4 Å². The monoisotopic (exact) mass is 468 g/mol. The molecule has 2 fully saturated rings. The highest BCUT2D eigenvalue weighted by atomic mass is 35.5. The van der Waals surface area contributed by atoms with Crippen molar-refractivity contribution < 1.29 is 9.59 Å². The summed E-state index contributed by atoms with van der Waals surface area (Å²) in [6.45, 7) is 2.71. The molecule has 1 aliphatic carbocycles. The first kappa shape index (κ1) is 22.9. The third-order valence-electron chi connectivity index (χ3n) is 6.16. The summed E-state index contributed by atoms with van der Waals surface area (Å²) in [5, 5.41) is 4.05. The molecule has 4 nitrogen and oxygen atoms in total. The Bertz CT molecular complexity index is 988. The number of hydrogen-bond acceptors (Lipinski definition) is 3. The number of benzene rings is 2. The van der Waals surface area contributed by atoms with E-state index in [2.05, 4.69) is 24.4 Å². The lowest BCUT2D eigenvalue weighted by atomic mass is 9.93. The third kappa shape index (κ3) is 5.76. The fourth-order valence-electron chi connectivity index (χ4n) is 4.38. The highest BCUT2D eigenvalue weighted by Crippen LogP contribution is 2.42.